The van der Waals surface area contributed by atoms with Crippen LogP contribution in [-0.4, -0.2) is 23.8 Å². The summed E-state index contributed by atoms with van der Waals surface area (Å²) in [6.45, 7) is 5.56. The Morgan fingerprint density at radius 1 is 1.50 bits per heavy atom. The molecule has 0 aliphatic rings. The van der Waals surface area contributed by atoms with Gasteiger partial charge in [-0.25, -0.2) is 4.79 Å². The van der Waals surface area contributed by atoms with E-state index < -0.39 is 6.09 Å². The third-order valence-corrected chi connectivity index (χ3v) is 2.72. The fourth-order valence-corrected chi connectivity index (χ4v) is 1.42. The van der Waals surface area contributed by atoms with Crippen molar-refractivity contribution in [2.45, 2.75) is 19.6 Å². The third kappa shape index (κ3) is 4.59. The molecule has 0 spiro atoms. The van der Waals surface area contributed by atoms with Crippen LogP contribution in [0.25, 0.3) is 0 Å². The number of carbonyl (C=O) groups is 1. The molecule has 0 heterocycles. The van der Waals surface area contributed by atoms with Crippen LogP contribution in [0.5, 0.6) is 0 Å². The van der Waals surface area contributed by atoms with Crippen molar-refractivity contribution in [2.75, 3.05) is 6.61 Å². The highest BCUT2D eigenvalue weighted by Crippen LogP contribution is 2.05. The minimum Gasteiger partial charge on any atom is -0.445 e. The van der Waals surface area contributed by atoms with E-state index in [2.05, 4.69) is 11.9 Å². The Morgan fingerprint density at radius 3 is 2.72 bits per heavy atom. The van der Waals surface area contributed by atoms with Crippen molar-refractivity contribution in [3.63, 3.8) is 0 Å². The molecular formula is C14H19NO3. The molecule has 0 aromatic heterocycles. The van der Waals surface area contributed by atoms with Crippen molar-refractivity contribution in [2.24, 2.45) is 5.92 Å². The van der Waals surface area contributed by atoms with Crippen LogP contribution in [0.2, 0.25) is 0 Å². The monoisotopic (exact) mass is 249 g/mol. The van der Waals surface area contributed by atoms with Gasteiger partial charge in [0.2, 0.25) is 0 Å². The smallest absolute Gasteiger partial charge is 0.407 e. The van der Waals surface area contributed by atoms with Crippen molar-refractivity contribution in [1.82, 2.24) is 5.32 Å². The second kappa shape index (κ2) is 7.50. The molecule has 2 unspecified atom stereocenters. The summed E-state index contributed by atoms with van der Waals surface area (Å²) >= 11 is 0. The maximum Gasteiger partial charge on any atom is 0.407 e. The van der Waals surface area contributed by atoms with Crippen LogP contribution in [0.3, 0.4) is 0 Å². The highest BCUT2D eigenvalue weighted by Gasteiger charge is 2.16. The highest BCUT2D eigenvalue weighted by molar-refractivity contribution is 5.67. The number of alkyl carbamates (subject to hydrolysis) is 1. The predicted molar refractivity (Wildman–Crippen MR) is 70.0 cm³/mol. The maximum atomic E-state index is 11.5. The topological polar surface area (TPSA) is 58.6 Å². The van der Waals surface area contributed by atoms with Crippen LogP contribution in [0.15, 0.2) is 43.0 Å². The number of hydrogen-bond acceptors (Lipinski definition) is 3. The van der Waals surface area contributed by atoms with Crippen LogP contribution < -0.4 is 5.32 Å². The Hall–Kier alpha value is -1.81. The normalized spacial score (nSPS) is 13.4. The first-order valence-corrected chi connectivity index (χ1v) is 5.88. The molecule has 1 rings (SSSR count). The van der Waals surface area contributed by atoms with Crippen molar-refractivity contribution in [1.29, 1.82) is 0 Å². The minimum atomic E-state index is -0.536. The number of hydrogen-bond donors (Lipinski definition) is 2. The largest absolute Gasteiger partial charge is 0.445 e. The zero-order valence-corrected chi connectivity index (χ0v) is 10.5. The van der Waals surface area contributed by atoms with E-state index in [-0.39, 0.29) is 25.2 Å². The van der Waals surface area contributed by atoms with Gasteiger partial charge in [0.1, 0.15) is 6.61 Å². The van der Waals surface area contributed by atoms with Gasteiger partial charge in [-0.2, -0.15) is 0 Å². The van der Waals surface area contributed by atoms with Gasteiger partial charge in [0.15, 0.2) is 0 Å². The van der Waals surface area contributed by atoms with Gasteiger partial charge in [0, 0.05) is 0 Å². The number of nitrogens with one attached hydrogen (secondary N) is 1. The predicted octanol–water partition coefficient (Wildman–Crippen LogP) is 2.10. The van der Waals surface area contributed by atoms with Gasteiger partial charge in [-0.3, -0.25) is 0 Å². The molecule has 4 nitrogen and oxygen atoms in total. The second-order valence-electron chi connectivity index (χ2n) is 4.09. The second-order valence-corrected chi connectivity index (χ2v) is 4.09. The van der Waals surface area contributed by atoms with E-state index in [1.54, 1.807) is 6.08 Å². The minimum absolute atomic E-state index is 0.0146. The maximum absolute atomic E-state index is 11.5. The van der Waals surface area contributed by atoms with Crippen molar-refractivity contribution in [3.8, 4) is 0 Å². The van der Waals surface area contributed by atoms with E-state index in [9.17, 15) is 4.79 Å². The van der Waals surface area contributed by atoms with Crippen LogP contribution in [-0.2, 0) is 11.3 Å². The number of rotatable bonds is 6. The van der Waals surface area contributed by atoms with Crippen molar-refractivity contribution < 1.29 is 14.6 Å². The average Bonchev–Trinajstić information content (AvgIpc) is 2.42. The summed E-state index contributed by atoms with van der Waals surface area (Å²) in [5.74, 6) is -0.0146. The Morgan fingerprint density at radius 2 is 2.17 bits per heavy atom. The van der Waals surface area contributed by atoms with E-state index in [1.165, 1.54) is 0 Å². The highest BCUT2D eigenvalue weighted by atomic mass is 16.5. The standard InChI is InChI=1S/C14H19NO3/c1-3-11(2)13(9-16)15-14(17)18-10-12-7-5-4-6-8-12/h3-8,11,13,16H,1,9-10H2,2H3,(H,15,17). The summed E-state index contributed by atoms with van der Waals surface area (Å²) in [5, 5.41) is 11.7. The number of ether oxygens (including phenoxy) is 1. The van der Waals surface area contributed by atoms with Crippen LogP contribution in [0.4, 0.5) is 4.79 Å². The molecule has 1 aromatic carbocycles. The molecule has 0 saturated heterocycles. The van der Waals surface area contributed by atoms with E-state index in [4.69, 9.17) is 9.84 Å². The van der Waals surface area contributed by atoms with Gasteiger partial charge < -0.3 is 15.2 Å². The summed E-state index contributed by atoms with van der Waals surface area (Å²) < 4.78 is 5.06. The number of carbonyl (C=O) groups excluding carboxylic acids is 1. The Bertz CT molecular complexity index is 378. The number of benzene rings is 1. The molecule has 4 heteroatoms. The summed E-state index contributed by atoms with van der Waals surface area (Å²) in [6.07, 6.45) is 1.14. The van der Waals surface area contributed by atoms with E-state index in [0.717, 1.165) is 5.56 Å². The summed E-state index contributed by atoms with van der Waals surface area (Å²) in [5.41, 5.74) is 0.921. The molecule has 0 aliphatic carbocycles. The van der Waals surface area contributed by atoms with Gasteiger partial charge in [0.25, 0.3) is 0 Å². The molecule has 0 radical (unpaired) electrons. The van der Waals surface area contributed by atoms with Crippen LogP contribution in [0, 0.1) is 5.92 Å². The Balaban J connectivity index is 2.39. The van der Waals surface area contributed by atoms with E-state index >= 15 is 0 Å². The van der Waals surface area contributed by atoms with E-state index in [1.807, 2.05) is 37.3 Å². The molecule has 0 saturated carbocycles. The van der Waals surface area contributed by atoms with Crippen molar-refractivity contribution >= 4 is 6.09 Å². The van der Waals surface area contributed by atoms with Gasteiger partial charge in [-0.1, -0.05) is 43.3 Å². The lowest BCUT2D eigenvalue weighted by molar-refractivity contribution is 0.125. The lowest BCUT2D eigenvalue weighted by Gasteiger charge is -2.20. The van der Waals surface area contributed by atoms with Crippen LogP contribution >= 0.6 is 0 Å². The summed E-state index contributed by atoms with van der Waals surface area (Å²) in [4.78, 5) is 11.5. The third-order valence-electron chi connectivity index (χ3n) is 2.72. The number of amides is 1. The number of aliphatic hydroxyl groups is 1. The molecule has 1 aromatic rings. The number of aliphatic hydroxyl groups excluding tert-OH is 1. The molecular weight excluding hydrogens is 230 g/mol. The molecule has 2 atom stereocenters. The summed E-state index contributed by atoms with van der Waals surface area (Å²) in [6, 6.07) is 9.05. The SMILES string of the molecule is C=CC(C)C(CO)NC(=O)OCc1ccccc1. The Labute approximate surface area is 107 Å². The zero-order valence-electron chi connectivity index (χ0n) is 10.5. The lowest BCUT2D eigenvalue weighted by atomic mass is 10.0. The van der Waals surface area contributed by atoms with Gasteiger partial charge >= 0.3 is 6.09 Å². The average molecular weight is 249 g/mol. The first-order chi connectivity index (χ1) is 8.67. The molecule has 0 fully saturated rings. The quantitative estimate of drug-likeness (QED) is 0.759. The van der Waals surface area contributed by atoms with Gasteiger partial charge in [0.05, 0.1) is 12.6 Å². The molecule has 0 bridgehead atoms. The fraction of sp³-hybridized carbons (Fsp3) is 0.357. The van der Waals surface area contributed by atoms with E-state index in [0.29, 0.717) is 0 Å². The van der Waals surface area contributed by atoms with Crippen LogP contribution in [0.1, 0.15) is 12.5 Å². The Kier molecular flexibility index (Phi) is 5.94. The van der Waals surface area contributed by atoms with Crippen molar-refractivity contribution in [3.05, 3.63) is 48.6 Å². The molecule has 98 valence electrons. The van der Waals surface area contributed by atoms with Gasteiger partial charge in [-0.05, 0) is 11.5 Å². The zero-order chi connectivity index (χ0) is 13.4. The first kappa shape index (κ1) is 14.3. The molecule has 0 aliphatic heterocycles. The lowest BCUT2D eigenvalue weighted by Crippen LogP contribution is -2.41. The molecule has 2 N–H and O–H groups in total. The summed E-state index contributed by atoms with van der Waals surface area (Å²) in [7, 11) is 0. The molecule has 18 heavy (non-hydrogen) atoms. The van der Waals surface area contributed by atoms with Gasteiger partial charge in [-0.15, -0.1) is 6.58 Å². The molecule has 1 amide bonds. The first-order valence-electron chi connectivity index (χ1n) is 5.88. The fourth-order valence-electron chi connectivity index (χ4n) is 1.42.